The molecule has 0 radical (unpaired) electrons. The summed E-state index contributed by atoms with van der Waals surface area (Å²) in [4.78, 5) is 0. The van der Waals surface area contributed by atoms with Crippen LogP contribution in [0.3, 0.4) is 0 Å². The fraction of sp³-hybridized carbons (Fsp3) is 0.467. The Morgan fingerprint density at radius 2 is 2.00 bits per heavy atom. The van der Waals surface area contributed by atoms with Gasteiger partial charge < -0.3 is 15.1 Å². The highest BCUT2D eigenvalue weighted by atomic mass is 16.3. The number of hydrogen-bond donors (Lipinski definition) is 2. The van der Waals surface area contributed by atoms with Gasteiger partial charge in [-0.2, -0.15) is 0 Å². The summed E-state index contributed by atoms with van der Waals surface area (Å²) in [7, 11) is 1.98. The lowest BCUT2D eigenvalue weighted by Crippen LogP contribution is -2.47. The van der Waals surface area contributed by atoms with E-state index in [9.17, 15) is 0 Å². The number of benzene rings is 1. The Balaban J connectivity index is 1.94. The molecule has 2 aromatic rings. The minimum Gasteiger partial charge on any atom is -0.464 e. The number of para-hydroxylation sites is 1. The second kappa shape index (κ2) is 5.55. The van der Waals surface area contributed by atoms with Crippen molar-refractivity contribution in [1.82, 2.24) is 10.6 Å². The van der Waals surface area contributed by atoms with Gasteiger partial charge in [0.2, 0.25) is 0 Å². The van der Waals surface area contributed by atoms with E-state index in [1.165, 1.54) is 10.9 Å². The number of rotatable bonds is 6. The molecule has 3 heteroatoms. The number of fused-ring (bicyclic) bond motifs is 1. The SMILES string of the molecule is CNCC(C)(C)NCCc1coc2ccccc12. The molecule has 0 aliphatic carbocycles. The first-order valence-corrected chi connectivity index (χ1v) is 6.47. The third-order valence-electron chi connectivity index (χ3n) is 3.18. The van der Waals surface area contributed by atoms with E-state index >= 15 is 0 Å². The predicted molar refractivity (Wildman–Crippen MR) is 75.9 cm³/mol. The van der Waals surface area contributed by atoms with Crippen LogP contribution in [0.4, 0.5) is 0 Å². The Labute approximate surface area is 109 Å². The molecule has 0 aliphatic rings. The van der Waals surface area contributed by atoms with Gasteiger partial charge in [-0.1, -0.05) is 18.2 Å². The fourth-order valence-electron chi connectivity index (χ4n) is 2.27. The van der Waals surface area contributed by atoms with E-state index in [1.807, 2.05) is 25.4 Å². The van der Waals surface area contributed by atoms with Crippen molar-refractivity contribution in [2.24, 2.45) is 0 Å². The lowest BCUT2D eigenvalue weighted by Gasteiger charge is -2.25. The number of hydrogen-bond acceptors (Lipinski definition) is 3. The van der Waals surface area contributed by atoms with Crippen molar-refractivity contribution in [2.75, 3.05) is 20.1 Å². The Morgan fingerprint density at radius 1 is 1.22 bits per heavy atom. The van der Waals surface area contributed by atoms with Gasteiger partial charge in [0.25, 0.3) is 0 Å². The van der Waals surface area contributed by atoms with Gasteiger partial charge in [0, 0.05) is 17.5 Å². The Morgan fingerprint density at radius 3 is 2.78 bits per heavy atom. The van der Waals surface area contributed by atoms with E-state index in [2.05, 4.69) is 36.6 Å². The first kappa shape index (κ1) is 13.1. The summed E-state index contributed by atoms with van der Waals surface area (Å²) in [6.45, 7) is 6.32. The molecule has 0 saturated heterocycles. The third-order valence-corrected chi connectivity index (χ3v) is 3.18. The van der Waals surface area contributed by atoms with Gasteiger partial charge in [-0.3, -0.25) is 0 Å². The quantitative estimate of drug-likeness (QED) is 0.822. The molecule has 1 aromatic carbocycles. The molecule has 1 heterocycles. The maximum atomic E-state index is 5.54. The van der Waals surface area contributed by atoms with Crippen LogP contribution in [0.1, 0.15) is 19.4 Å². The summed E-state index contributed by atoms with van der Waals surface area (Å²) < 4.78 is 5.54. The van der Waals surface area contributed by atoms with Crippen LogP contribution in [-0.2, 0) is 6.42 Å². The first-order chi connectivity index (χ1) is 8.62. The van der Waals surface area contributed by atoms with Gasteiger partial charge in [-0.15, -0.1) is 0 Å². The summed E-state index contributed by atoms with van der Waals surface area (Å²) in [5.41, 5.74) is 2.37. The second-order valence-corrected chi connectivity index (χ2v) is 5.35. The summed E-state index contributed by atoms with van der Waals surface area (Å²) in [6.07, 6.45) is 2.86. The van der Waals surface area contributed by atoms with Crippen LogP contribution in [0.5, 0.6) is 0 Å². The fourth-order valence-corrected chi connectivity index (χ4v) is 2.27. The van der Waals surface area contributed by atoms with E-state index in [-0.39, 0.29) is 5.54 Å². The molecular formula is C15H22N2O. The lowest BCUT2D eigenvalue weighted by molar-refractivity contribution is 0.378. The van der Waals surface area contributed by atoms with E-state index in [1.54, 1.807) is 0 Å². The molecule has 3 nitrogen and oxygen atoms in total. The topological polar surface area (TPSA) is 37.2 Å². The Hall–Kier alpha value is -1.32. The van der Waals surface area contributed by atoms with E-state index in [0.29, 0.717) is 0 Å². The Bertz CT molecular complexity index is 502. The molecule has 2 rings (SSSR count). The molecule has 1 aromatic heterocycles. The van der Waals surface area contributed by atoms with E-state index in [0.717, 1.165) is 25.1 Å². The van der Waals surface area contributed by atoms with Crippen molar-refractivity contribution >= 4 is 11.0 Å². The minimum absolute atomic E-state index is 0.119. The normalized spacial score (nSPS) is 12.2. The monoisotopic (exact) mass is 246 g/mol. The highest BCUT2D eigenvalue weighted by molar-refractivity contribution is 5.80. The highest BCUT2D eigenvalue weighted by Gasteiger charge is 2.15. The van der Waals surface area contributed by atoms with Crippen LogP contribution in [0, 0.1) is 0 Å². The average Bonchev–Trinajstić information content (AvgIpc) is 2.73. The van der Waals surface area contributed by atoms with Gasteiger partial charge in [0.1, 0.15) is 5.58 Å². The van der Waals surface area contributed by atoms with Crippen molar-refractivity contribution in [3.63, 3.8) is 0 Å². The van der Waals surface area contributed by atoms with Crippen LogP contribution < -0.4 is 10.6 Å². The molecule has 0 bridgehead atoms. The zero-order chi connectivity index (χ0) is 13.0. The number of likely N-dealkylation sites (N-methyl/N-ethyl adjacent to an activating group) is 1. The van der Waals surface area contributed by atoms with Crippen LogP contribution in [0.2, 0.25) is 0 Å². The molecule has 0 saturated carbocycles. The molecule has 0 unspecified atom stereocenters. The molecule has 0 amide bonds. The molecule has 0 fully saturated rings. The van der Waals surface area contributed by atoms with Gasteiger partial charge in [0.05, 0.1) is 6.26 Å². The second-order valence-electron chi connectivity index (χ2n) is 5.35. The smallest absolute Gasteiger partial charge is 0.134 e. The predicted octanol–water partition coefficient (Wildman–Crippen LogP) is 2.56. The summed E-state index contributed by atoms with van der Waals surface area (Å²) in [5.74, 6) is 0. The zero-order valence-corrected chi connectivity index (χ0v) is 11.4. The average molecular weight is 246 g/mol. The van der Waals surface area contributed by atoms with Gasteiger partial charge in [-0.05, 0) is 45.5 Å². The van der Waals surface area contributed by atoms with Crippen LogP contribution in [0.15, 0.2) is 34.9 Å². The summed E-state index contributed by atoms with van der Waals surface area (Å²) >= 11 is 0. The molecule has 18 heavy (non-hydrogen) atoms. The van der Waals surface area contributed by atoms with Gasteiger partial charge in [0.15, 0.2) is 0 Å². The zero-order valence-electron chi connectivity index (χ0n) is 11.4. The largest absolute Gasteiger partial charge is 0.464 e. The van der Waals surface area contributed by atoms with Crippen molar-refractivity contribution in [3.8, 4) is 0 Å². The van der Waals surface area contributed by atoms with E-state index in [4.69, 9.17) is 4.42 Å². The van der Waals surface area contributed by atoms with Gasteiger partial charge >= 0.3 is 0 Å². The summed E-state index contributed by atoms with van der Waals surface area (Å²) in [5, 5.41) is 7.99. The van der Waals surface area contributed by atoms with Crippen LogP contribution >= 0.6 is 0 Å². The highest BCUT2D eigenvalue weighted by Crippen LogP contribution is 2.20. The number of furan rings is 1. The van der Waals surface area contributed by atoms with E-state index < -0.39 is 0 Å². The molecular weight excluding hydrogens is 224 g/mol. The maximum Gasteiger partial charge on any atom is 0.134 e. The standard InChI is InChI=1S/C15H22N2O/c1-15(2,11-16-3)17-9-8-12-10-18-14-7-5-4-6-13(12)14/h4-7,10,16-17H,8-9,11H2,1-3H3. The van der Waals surface area contributed by atoms with Crippen LogP contribution in [-0.4, -0.2) is 25.7 Å². The first-order valence-electron chi connectivity index (χ1n) is 6.47. The van der Waals surface area contributed by atoms with Gasteiger partial charge in [-0.25, -0.2) is 0 Å². The molecule has 0 spiro atoms. The van der Waals surface area contributed by atoms with Crippen molar-refractivity contribution < 1.29 is 4.42 Å². The number of nitrogens with one attached hydrogen (secondary N) is 2. The summed E-state index contributed by atoms with van der Waals surface area (Å²) in [6, 6.07) is 8.19. The Kier molecular flexibility index (Phi) is 4.04. The molecule has 0 aliphatic heterocycles. The molecule has 0 atom stereocenters. The molecule has 98 valence electrons. The maximum absolute atomic E-state index is 5.54. The third kappa shape index (κ3) is 3.12. The lowest BCUT2D eigenvalue weighted by atomic mass is 10.0. The molecule has 2 N–H and O–H groups in total. The minimum atomic E-state index is 0.119. The van der Waals surface area contributed by atoms with Crippen molar-refractivity contribution in [3.05, 3.63) is 36.1 Å². The van der Waals surface area contributed by atoms with Crippen molar-refractivity contribution in [1.29, 1.82) is 0 Å². The van der Waals surface area contributed by atoms with Crippen molar-refractivity contribution in [2.45, 2.75) is 25.8 Å². The van der Waals surface area contributed by atoms with Crippen LogP contribution in [0.25, 0.3) is 11.0 Å².